The van der Waals surface area contributed by atoms with E-state index in [0.717, 1.165) is 24.2 Å². The Labute approximate surface area is 138 Å². The number of ether oxygens (including phenoxy) is 1. The molecule has 1 aromatic rings. The minimum absolute atomic E-state index is 0.0728. The number of carbonyl (C=O) groups excluding carboxylic acids is 1. The van der Waals surface area contributed by atoms with Crippen molar-refractivity contribution < 1.29 is 14.6 Å². The lowest BCUT2D eigenvalue weighted by Crippen LogP contribution is -2.34. The number of likely N-dealkylation sites (N-methyl/N-ethyl adjacent to an activating group) is 1. The monoisotopic (exact) mass is 320 g/mol. The molecule has 1 fully saturated rings. The van der Waals surface area contributed by atoms with E-state index in [2.05, 4.69) is 11.9 Å². The third-order valence-corrected chi connectivity index (χ3v) is 4.70. The van der Waals surface area contributed by atoms with Gasteiger partial charge in [-0.1, -0.05) is 18.2 Å². The van der Waals surface area contributed by atoms with E-state index >= 15 is 0 Å². The van der Waals surface area contributed by atoms with Crippen LogP contribution in [-0.4, -0.2) is 74.4 Å². The van der Waals surface area contributed by atoms with Crippen LogP contribution < -0.4 is 0 Å². The van der Waals surface area contributed by atoms with Crippen molar-refractivity contribution in [3.8, 4) is 0 Å². The van der Waals surface area contributed by atoms with Gasteiger partial charge in [0, 0.05) is 51.4 Å². The first kappa shape index (κ1) is 17.9. The van der Waals surface area contributed by atoms with Crippen LogP contribution in [0.2, 0.25) is 0 Å². The van der Waals surface area contributed by atoms with Gasteiger partial charge in [0.2, 0.25) is 0 Å². The highest BCUT2D eigenvalue weighted by Crippen LogP contribution is 2.26. The molecule has 1 aromatic carbocycles. The quantitative estimate of drug-likeness (QED) is 0.822. The predicted octanol–water partition coefficient (Wildman–Crippen LogP) is 1.25. The lowest BCUT2D eigenvalue weighted by atomic mass is 9.96. The first-order valence-electron chi connectivity index (χ1n) is 8.20. The average Bonchev–Trinajstić information content (AvgIpc) is 2.95. The maximum Gasteiger partial charge on any atom is 0.254 e. The number of amides is 1. The zero-order valence-corrected chi connectivity index (χ0v) is 14.4. The van der Waals surface area contributed by atoms with Crippen LogP contribution in [0.15, 0.2) is 24.3 Å². The van der Waals surface area contributed by atoms with E-state index in [-0.39, 0.29) is 18.4 Å². The first-order chi connectivity index (χ1) is 11.1. The largest absolute Gasteiger partial charge is 0.396 e. The second-order valence-corrected chi connectivity index (χ2v) is 6.48. The fraction of sp³-hybridized carbons (Fsp3) is 0.611. The van der Waals surface area contributed by atoms with E-state index in [1.165, 1.54) is 0 Å². The van der Waals surface area contributed by atoms with Crippen molar-refractivity contribution in [3.63, 3.8) is 0 Å². The summed E-state index contributed by atoms with van der Waals surface area (Å²) in [4.78, 5) is 16.8. The van der Waals surface area contributed by atoms with Gasteiger partial charge in [0.1, 0.15) is 0 Å². The van der Waals surface area contributed by atoms with Gasteiger partial charge in [-0.15, -0.1) is 0 Å². The summed E-state index contributed by atoms with van der Waals surface area (Å²) in [7, 11) is 3.75. The lowest BCUT2D eigenvalue weighted by molar-refractivity contribution is 0.0778. The van der Waals surface area contributed by atoms with Crippen LogP contribution in [0.5, 0.6) is 0 Å². The fourth-order valence-electron chi connectivity index (χ4n) is 3.24. The number of nitrogens with zero attached hydrogens (tertiary/aromatic N) is 2. The van der Waals surface area contributed by atoms with Crippen molar-refractivity contribution in [2.45, 2.75) is 6.92 Å². The minimum Gasteiger partial charge on any atom is -0.396 e. The summed E-state index contributed by atoms with van der Waals surface area (Å²) >= 11 is 0. The number of rotatable bonds is 7. The second kappa shape index (κ2) is 8.43. The third-order valence-electron chi connectivity index (χ3n) is 4.70. The van der Waals surface area contributed by atoms with Crippen LogP contribution in [0.25, 0.3) is 0 Å². The van der Waals surface area contributed by atoms with Gasteiger partial charge in [-0.25, -0.2) is 0 Å². The molecule has 1 aliphatic rings. The van der Waals surface area contributed by atoms with E-state index in [1.54, 1.807) is 7.11 Å². The molecule has 0 spiro atoms. The molecule has 0 aliphatic carbocycles. The van der Waals surface area contributed by atoms with Gasteiger partial charge in [0.05, 0.1) is 6.61 Å². The molecule has 128 valence electrons. The van der Waals surface area contributed by atoms with Gasteiger partial charge in [-0.05, 0) is 31.5 Å². The van der Waals surface area contributed by atoms with E-state index in [1.807, 2.05) is 36.1 Å². The van der Waals surface area contributed by atoms with Crippen LogP contribution in [0.1, 0.15) is 15.9 Å². The third kappa shape index (κ3) is 4.53. The van der Waals surface area contributed by atoms with Gasteiger partial charge in [-0.3, -0.25) is 4.79 Å². The molecule has 2 rings (SSSR count). The molecule has 0 radical (unpaired) electrons. The molecule has 1 heterocycles. The SMILES string of the molecule is COCCN(C)C[C@@H]1CN(C(=O)c2ccccc2C)C[C@@H]1CO. The number of hydrogen-bond donors (Lipinski definition) is 1. The Balaban J connectivity index is 2.00. The molecular weight excluding hydrogens is 292 g/mol. The molecular formula is C18H28N2O3. The average molecular weight is 320 g/mol. The van der Waals surface area contributed by atoms with Crippen molar-refractivity contribution >= 4 is 5.91 Å². The summed E-state index contributed by atoms with van der Waals surface area (Å²) in [5, 5.41) is 9.67. The molecule has 2 atom stereocenters. The number of methoxy groups -OCH3 is 1. The summed E-state index contributed by atoms with van der Waals surface area (Å²) in [6.45, 7) is 5.84. The van der Waals surface area contributed by atoms with Crippen LogP contribution in [0.3, 0.4) is 0 Å². The number of benzene rings is 1. The number of likely N-dealkylation sites (tertiary alicyclic amines) is 1. The summed E-state index contributed by atoms with van der Waals surface area (Å²) in [6.07, 6.45) is 0. The predicted molar refractivity (Wildman–Crippen MR) is 90.5 cm³/mol. The van der Waals surface area contributed by atoms with Crippen LogP contribution in [0.4, 0.5) is 0 Å². The maximum atomic E-state index is 12.7. The highest BCUT2D eigenvalue weighted by atomic mass is 16.5. The van der Waals surface area contributed by atoms with Crippen molar-refractivity contribution in [1.82, 2.24) is 9.80 Å². The summed E-state index contributed by atoms with van der Waals surface area (Å²) < 4.78 is 5.10. The number of carbonyl (C=O) groups is 1. The van der Waals surface area contributed by atoms with Crippen LogP contribution in [-0.2, 0) is 4.74 Å². The Hall–Kier alpha value is -1.43. The number of aliphatic hydroxyl groups is 1. The molecule has 23 heavy (non-hydrogen) atoms. The fourth-order valence-corrected chi connectivity index (χ4v) is 3.24. The van der Waals surface area contributed by atoms with Crippen molar-refractivity contribution in [2.24, 2.45) is 11.8 Å². The van der Waals surface area contributed by atoms with Crippen molar-refractivity contribution in [2.75, 3.05) is 53.6 Å². The summed E-state index contributed by atoms with van der Waals surface area (Å²) in [6, 6.07) is 7.68. The first-order valence-corrected chi connectivity index (χ1v) is 8.20. The normalized spacial score (nSPS) is 21.2. The number of aryl methyl sites for hydroxylation is 1. The standard InChI is InChI=1S/C18H28N2O3/c1-14-6-4-5-7-17(14)18(22)20-11-15(16(12-20)13-21)10-19(2)8-9-23-3/h4-7,15-16,21H,8-13H2,1-3H3/t15-,16-/m1/s1. The zero-order valence-electron chi connectivity index (χ0n) is 14.4. The molecule has 0 bridgehead atoms. The Morgan fingerprint density at radius 3 is 2.70 bits per heavy atom. The Morgan fingerprint density at radius 1 is 1.35 bits per heavy atom. The Bertz CT molecular complexity index is 521. The molecule has 1 saturated heterocycles. The lowest BCUT2D eigenvalue weighted by Gasteiger charge is -2.23. The van der Waals surface area contributed by atoms with E-state index in [0.29, 0.717) is 25.6 Å². The van der Waals surface area contributed by atoms with Gasteiger partial charge in [-0.2, -0.15) is 0 Å². The summed E-state index contributed by atoms with van der Waals surface area (Å²) in [5.41, 5.74) is 1.76. The molecule has 1 N–H and O–H groups in total. The van der Waals surface area contributed by atoms with Gasteiger partial charge in [0.25, 0.3) is 5.91 Å². The van der Waals surface area contributed by atoms with E-state index in [9.17, 15) is 9.90 Å². The van der Waals surface area contributed by atoms with Crippen molar-refractivity contribution in [1.29, 1.82) is 0 Å². The highest BCUT2D eigenvalue weighted by Gasteiger charge is 2.35. The number of aliphatic hydroxyl groups excluding tert-OH is 1. The van der Waals surface area contributed by atoms with Crippen molar-refractivity contribution in [3.05, 3.63) is 35.4 Å². The van der Waals surface area contributed by atoms with E-state index < -0.39 is 0 Å². The van der Waals surface area contributed by atoms with Gasteiger partial charge >= 0.3 is 0 Å². The van der Waals surface area contributed by atoms with Gasteiger partial charge in [0.15, 0.2) is 0 Å². The highest BCUT2D eigenvalue weighted by molar-refractivity contribution is 5.95. The molecule has 0 aromatic heterocycles. The molecule has 1 aliphatic heterocycles. The molecule has 0 unspecified atom stereocenters. The van der Waals surface area contributed by atoms with E-state index in [4.69, 9.17) is 4.74 Å². The van der Waals surface area contributed by atoms with Gasteiger partial charge < -0.3 is 19.6 Å². The second-order valence-electron chi connectivity index (χ2n) is 6.48. The van der Waals surface area contributed by atoms with Crippen LogP contribution in [0, 0.1) is 18.8 Å². The molecule has 5 nitrogen and oxygen atoms in total. The molecule has 1 amide bonds. The topological polar surface area (TPSA) is 53.0 Å². The Morgan fingerprint density at radius 2 is 2.04 bits per heavy atom. The minimum atomic E-state index is 0.0728. The smallest absolute Gasteiger partial charge is 0.254 e. The Kier molecular flexibility index (Phi) is 6.57. The molecule has 5 heteroatoms. The van der Waals surface area contributed by atoms with Crippen LogP contribution >= 0.6 is 0 Å². The summed E-state index contributed by atoms with van der Waals surface area (Å²) in [5.74, 6) is 0.520. The number of hydrogen-bond acceptors (Lipinski definition) is 4. The molecule has 0 saturated carbocycles. The zero-order chi connectivity index (χ0) is 16.8. The maximum absolute atomic E-state index is 12.7.